The van der Waals surface area contributed by atoms with Gasteiger partial charge < -0.3 is 5.11 Å². The van der Waals surface area contributed by atoms with Crippen molar-refractivity contribution in [2.45, 2.75) is 70.6 Å². The van der Waals surface area contributed by atoms with E-state index in [2.05, 4.69) is 26.0 Å². The molecule has 2 unspecified atom stereocenters. The molecule has 0 spiro atoms. The van der Waals surface area contributed by atoms with Crippen LogP contribution < -0.4 is 0 Å². The third kappa shape index (κ3) is 3.46. The molecule has 0 bridgehead atoms. The molecule has 2 aliphatic rings. The van der Waals surface area contributed by atoms with Gasteiger partial charge in [0.2, 0.25) is 0 Å². The van der Waals surface area contributed by atoms with Crippen molar-refractivity contribution in [3.63, 3.8) is 0 Å². The Kier molecular flexibility index (Phi) is 4.79. The van der Waals surface area contributed by atoms with Crippen LogP contribution in [0.2, 0.25) is 0 Å². The average molecular weight is 314 g/mol. The molecule has 2 aliphatic carbocycles. The summed E-state index contributed by atoms with van der Waals surface area (Å²) >= 11 is 0. The molecule has 0 amide bonds. The van der Waals surface area contributed by atoms with E-state index < -0.39 is 0 Å². The van der Waals surface area contributed by atoms with Crippen LogP contribution in [0.3, 0.4) is 0 Å². The van der Waals surface area contributed by atoms with Crippen molar-refractivity contribution < 1.29 is 9.90 Å². The number of Topliss-reactive ketones (excluding diaryl/α,β-unsaturated/α-hetero) is 1. The zero-order valence-corrected chi connectivity index (χ0v) is 14.6. The minimum Gasteiger partial charge on any atom is -0.508 e. The Morgan fingerprint density at radius 2 is 1.78 bits per heavy atom. The number of phenols is 1. The van der Waals surface area contributed by atoms with E-state index in [-0.39, 0.29) is 5.41 Å². The molecule has 2 saturated carbocycles. The zero-order chi connectivity index (χ0) is 16.4. The van der Waals surface area contributed by atoms with Gasteiger partial charge in [0, 0.05) is 12.8 Å². The molecular weight excluding hydrogens is 284 g/mol. The van der Waals surface area contributed by atoms with E-state index in [9.17, 15) is 9.90 Å². The molecule has 2 atom stereocenters. The van der Waals surface area contributed by atoms with Gasteiger partial charge in [-0.1, -0.05) is 26.0 Å². The van der Waals surface area contributed by atoms with Crippen molar-refractivity contribution in [3.8, 4) is 5.75 Å². The Balaban J connectivity index is 1.87. The minimum absolute atomic E-state index is 0.230. The third-order valence-corrected chi connectivity index (χ3v) is 6.22. The summed E-state index contributed by atoms with van der Waals surface area (Å²) in [4.78, 5) is 11.7. The maximum atomic E-state index is 11.7. The van der Waals surface area contributed by atoms with Gasteiger partial charge in [-0.05, 0) is 79.4 Å². The van der Waals surface area contributed by atoms with Gasteiger partial charge in [-0.15, -0.1) is 0 Å². The summed E-state index contributed by atoms with van der Waals surface area (Å²) in [5.74, 6) is 2.98. The number of hydrogen-bond acceptors (Lipinski definition) is 2. The number of carbonyl (C=O) groups excluding carboxylic acids is 1. The highest BCUT2D eigenvalue weighted by Crippen LogP contribution is 2.54. The van der Waals surface area contributed by atoms with Crippen molar-refractivity contribution in [2.24, 2.45) is 17.8 Å². The molecule has 0 aromatic heterocycles. The van der Waals surface area contributed by atoms with Gasteiger partial charge in [-0.3, -0.25) is 4.79 Å². The fourth-order valence-electron chi connectivity index (χ4n) is 5.20. The molecule has 0 saturated heterocycles. The molecular formula is C21H30O2. The van der Waals surface area contributed by atoms with Gasteiger partial charge in [0.1, 0.15) is 11.5 Å². The summed E-state index contributed by atoms with van der Waals surface area (Å²) in [6.07, 6.45) is 8.75. The number of ketones is 1. The first-order valence-electron chi connectivity index (χ1n) is 9.31. The molecule has 0 radical (unpaired) electrons. The fraction of sp³-hybridized carbons (Fsp3) is 0.667. The van der Waals surface area contributed by atoms with Crippen molar-refractivity contribution >= 4 is 5.78 Å². The van der Waals surface area contributed by atoms with E-state index in [1.165, 1.54) is 31.2 Å². The van der Waals surface area contributed by atoms with Gasteiger partial charge in [0.25, 0.3) is 0 Å². The molecule has 1 aromatic rings. The highest BCUT2D eigenvalue weighted by molar-refractivity contribution is 5.79. The first kappa shape index (κ1) is 16.5. The van der Waals surface area contributed by atoms with Crippen molar-refractivity contribution in [1.82, 2.24) is 0 Å². The maximum Gasteiger partial charge on any atom is 0.132 e. The first-order valence-corrected chi connectivity index (χ1v) is 9.31. The summed E-state index contributed by atoms with van der Waals surface area (Å²) in [7, 11) is 0. The molecule has 0 aliphatic heterocycles. The number of aromatic hydroxyl groups is 1. The van der Waals surface area contributed by atoms with E-state index in [1.54, 1.807) is 0 Å². The maximum absolute atomic E-state index is 11.7. The Morgan fingerprint density at radius 3 is 2.39 bits per heavy atom. The molecule has 1 aromatic carbocycles. The number of phenolic OH excluding ortho intramolecular Hbond substituents is 1. The Morgan fingerprint density at radius 1 is 1.13 bits per heavy atom. The normalized spacial score (nSPS) is 29.3. The zero-order valence-electron chi connectivity index (χ0n) is 14.6. The number of rotatable bonds is 4. The lowest BCUT2D eigenvalue weighted by atomic mass is 9.63. The van der Waals surface area contributed by atoms with Crippen LogP contribution in [0.4, 0.5) is 0 Å². The van der Waals surface area contributed by atoms with E-state index in [1.807, 2.05) is 12.1 Å². The number of carbonyl (C=O) groups is 1. The number of hydrogen-bond donors (Lipinski definition) is 1. The van der Waals surface area contributed by atoms with Crippen LogP contribution in [0.1, 0.15) is 70.8 Å². The van der Waals surface area contributed by atoms with Gasteiger partial charge in [-0.2, -0.15) is 0 Å². The van der Waals surface area contributed by atoms with Crippen molar-refractivity contribution in [3.05, 3.63) is 29.8 Å². The standard InChI is InChI=1S/C21H30O2/c1-15(2)13-16-11-12-21(14-16,17-3-7-19(22)8-4-17)18-5-9-20(23)10-6-18/h3-4,7-8,15-16,18,22H,5-6,9-14H2,1-2H3. The molecule has 23 heavy (non-hydrogen) atoms. The summed E-state index contributed by atoms with van der Waals surface area (Å²) < 4.78 is 0. The lowest BCUT2D eigenvalue weighted by Gasteiger charge is -2.41. The Labute approximate surface area is 140 Å². The van der Waals surface area contributed by atoms with Crippen LogP contribution >= 0.6 is 0 Å². The summed E-state index contributed by atoms with van der Waals surface area (Å²) in [6.45, 7) is 4.64. The SMILES string of the molecule is CC(C)CC1CCC(c2ccc(O)cc2)(C2CCC(=O)CC2)C1. The van der Waals surface area contributed by atoms with Crippen LogP contribution in [0, 0.1) is 17.8 Å². The largest absolute Gasteiger partial charge is 0.508 e. The summed E-state index contributed by atoms with van der Waals surface area (Å²) in [6, 6.07) is 7.93. The lowest BCUT2D eigenvalue weighted by molar-refractivity contribution is -0.121. The monoisotopic (exact) mass is 314 g/mol. The van der Waals surface area contributed by atoms with E-state index >= 15 is 0 Å². The number of benzene rings is 1. The van der Waals surface area contributed by atoms with Crippen LogP contribution in [0.25, 0.3) is 0 Å². The average Bonchev–Trinajstić information content (AvgIpc) is 2.93. The first-order chi connectivity index (χ1) is 11.0. The quantitative estimate of drug-likeness (QED) is 0.825. The second-order valence-electron chi connectivity index (χ2n) is 8.25. The molecule has 126 valence electrons. The van der Waals surface area contributed by atoms with Gasteiger partial charge in [-0.25, -0.2) is 0 Å². The summed E-state index contributed by atoms with van der Waals surface area (Å²) in [5, 5.41) is 9.65. The Bertz CT molecular complexity index is 535. The van der Waals surface area contributed by atoms with Crippen molar-refractivity contribution in [2.75, 3.05) is 0 Å². The van der Waals surface area contributed by atoms with E-state index in [4.69, 9.17) is 0 Å². The molecule has 3 rings (SSSR count). The third-order valence-electron chi connectivity index (χ3n) is 6.22. The fourth-order valence-corrected chi connectivity index (χ4v) is 5.20. The highest BCUT2D eigenvalue weighted by Gasteiger charge is 2.46. The molecule has 0 heterocycles. The lowest BCUT2D eigenvalue weighted by Crippen LogP contribution is -2.35. The van der Waals surface area contributed by atoms with E-state index in [0.29, 0.717) is 17.5 Å². The van der Waals surface area contributed by atoms with Crippen LogP contribution in [-0.2, 0) is 10.2 Å². The van der Waals surface area contributed by atoms with E-state index in [0.717, 1.165) is 37.5 Å². The topological polar surface area (TPSA) is 37.3 Å². The highest BCUT2D eigenvalue weighted by atomic mass is 16.3. The van der Waals surface area contributed by atoms with Gasteiger partial charge >= 0.3 is 0 Å². The molecule has 2 nitrogen and oxygen atoms in total. The second-order valence-corrected chi connectivity index (χ2v) is 8.25. The molecule has 2 heteroatoms. The van der Waals surface area contributed by atoms with Crippen molar-refractivity contribution in [1.29, 1.82) is 0 Å². The smallest absolute Gasteiger partial charge is 0.132 e. The van der Waals surface area contributed by atoms with Crippen LogP contribution in [-0.4, -0.2) is 10.9 Å². The predicted molar refractivity (Wildman–Crippen MR) is 93.5 cm³/mol. The minimum atomic E-state index is 0.230. The van der Waals surface area contributed by atoms with Gasteiger partial charge in [0.15, 0.2) is 0 Å². The Hall–Kier alpha value is -1.31. The predicted octanol–water partition coefficient (Wildman–Crippen LogP) is 5.24. The summed E-state index contributed by atoms with van der Waals surface area (Å²) in [5.41, 5.74) is 1.62. The van der Waals surface area contributed by atoms with Crippen LogP contribution in [0.15, 0.2) is 24.3 Å². The van der Waals surface area contributed by atoms with Gasteiger partial charge in [0.05, 0.1) is 0 Å². The molecule has 2 fully saturated rings. The molecule has 1 N–H and O–H groups in total. The van der Waals surface area contributed by atoms with Crippen LogP contribution in [0.5, 0.6) is 5.75 Å². The second kappa shape index (κ2) is 6.67.